The van der Waals surface area contributed by atoms with Crippen LogP contribution in [0.1, 0.15) is 17.5 Å². The Balaban J connectivity index is 1.36. The molecule has 3 aromatic rings. The van der Waals surface area contributed by atoms with Gasteiger partial charge in [0.25, 0.3) is 0 Å². The molecule has 0 bridgehead atoms. The van der Waals surface area contributed by atoms with Crippen molar-refractivity contribution in [2.75, 3.05) is 19.8 Å². The zero-order valence-corrected chi connectivity index (χ0v) is 16.6. The number of nitrogens with one attached hydrogen (secondary N) is 1. The van der Waals surface area contributed by atoms with Crippen molar-refractivity contribution in [3.05, 3.63) is 47.5 Å². The van der Waals surface area contributed by atoms with Gasteiger partial charge >= 0.3 is 0 Å². The number of hydrogen-bond donors (Lipinski definition) is 1. The predicted octanol–water partition coefficient (Wildman–Crippen LogP) is 3.73. The van der Waals surface area contributed by atoms with Crippen molar-refractivity contribution in [3.8, 4) is 16.3 Å². The fraction of sp³-hybridized carbons (Fsp3) is 0.364. The minimum atomic E-state index is -0.0452. The van der Waals surface area contributed by atoms with Gasteiger partial charge in [-0.05, 0) is 42.7 Å². The Bertz CT molecular complexity index is 1010. The molecule has 1 fully saturated rings. The normalized spacial score (nSPS) is 20.9. The quantitative estimate of drug-likeness (QED) is 0.733. The topological polar surface area (TPSA) is 60.5 Å². The molecule has 2 aromatic carbocycles. The van der Waals surface area contributed by atoms with E-state index in [1.54, 1.807) is 11.3 Å². The summed E-state index contributed by atoms with van der Waals surface area (Å²) in [6, 6.07) is 12.5. The Morgan fingerprint density at radius 1 is 1.32 bits per heavy atom. The number of carbonyl (C=O) groups is 1. The lowest BCUT2D eigenvalue weighted by molar-refractivity contribution is -0.125. The first-order valence-corrected chi connectivity index (χ1v) is 10.5. The molecule has 2 aliphatic heterocycles. The number of amides is 1. The van der Waals surface area contributed by atoms with Crippen LogP contribution < -0.4 is 10.1 Å². The van der Waals surface area contributed by atoms with Crippen LogP contribution in [0.25, 0.3) is 20.8 Å². The summed E-state index contributed by atoms with van der Waals surface area (Å²) in [6.45, 7) is 3.82. The zero-order chi connectivity index (χ0) is 19.1. The number of fused-ring (bicyclic) bond motifs is 2. The molecule has 28 heavy (non-hydrogen) atoms. The highest BCUT2D eigenvalue weighted by molar-refractivity contribution is 7.21. The van der Waals surface area contributed by atoms with Crippen LogP contribution in [0.5, 0.6) is 5.75 Å². The molecule has 0 aliphatic carbocycles. The van der Waals surface area contributed by atoms with Gasteiger partial charge in [0, 0.05) is 13.0 Å². The van der Waals surface area contributed by atoms with Crippen LogP contribution in [0.15, 0.2) is 36.4 Å². The van der Waals surface area contributed by atoms with Crippen LogP contribution >= 0.6 is 11.3 Å². The molecule has 1 saturated heterocycles. The Hall–Kier alpha value is -2.44. The van der Waals surface area contributed by atoms with E-state index in [0.29, 0.717) is 19.8 Å². The van der Waals surface area contributed by atoms with Gasteiger partial charge in [0.2, 0.25) is 5.91 Å². The molecule has 5 nitrogen and oxygen atoms in total. The lowest BCUT2D eigenvalue weighted by atomic mass is 10.0. The van der Waals surface area contributed by atoms with Crippen LogP contribution in [0.4, 0.5) is 0 Å². The van der Waals surface area contributed by atoms with Crippen LogP contribution in [0.3, 0.4) is 0 Å². The maximum absolute atomic E-state index is 12.3. The fourth-order valence-electron chi connectivity index (χ4n) is 3.95. The van der Waals surface area contributed by atoms with Crippen molar-refractivity contribution >= 4 is 27.5 Å². The van der Waals surface area contributed by atoms with Crippen molar-refractivity contribution in [3.63, 3.8) is 0 Å². The Labute approximate surface area is 167 Å². The van der Waals surface area contributed by atoms with Gasteiger partial charge in [-0.3, -0.25) is 4.79 Å². The Morgan fingerprint density at radius 2 is 2.21 bits per heavy atom. The number of hydrogen-bond acceptors (Lipinski definition) is 5. The average Bonchev–Trinajstić information content (AvgIpc) is 3.43. The van der Waals surface area contributed by atoms with Crippen molar-refractivity contribution in [2.45, 2.75) is 25.9 Å². The summed E-state index contributed by atoms with van der Waals surface area (Å²) in [5.74, 6) is 0.956. The molecule has 0 saturated carbocycles. The third-order valence-corrected chi connectivity index (χ3v) is 6.44. The zero-order valence-electron chi connectivity index (χ0n) is 15.7. The number of nitrogens with zero attached hydrogens (tertiary/aromatic N) is 1. The minimum Gasteiger partial charge on any atom is -0.487 e. The SMILES string of the molecule is Cc1cc2c(c(-c3nc4ccccc4s3)c1)O[C@@H](CNC(=O)[C@H]1CCOC1)C2. The minimum absolute atomic E-state index is 0.0238. The van der Waals surface area contributed by atoms with Crippen LogP contribution in [0, 0.1) is 12.8 Å². The van der Waals surface area contributed by atoms with E-state index in [0.717, 1.165) is 34.7 Å². The van der Waals surface area contributed by atoms with Gasteiger partial charge < -0.3 is 14.8 Å². The molecule has 0 unspecified atom stereocenters. The van der Waals surface area contributed by atoms with Gasteiger partial charge in [-0.2, -0.15) is 0 Å². The van der Waals surface area contributed by atoms with Crippen molar-refractivity contribution in [2.24, 2.45) is 5.92 Å². The van der Waals surface area contributed by atoms with Gasteiger partial charge in [-0.15, -0.1) is 11.3 Å². The van der Waals surface area contributed by atoms with Crippen LogP contribution in [-0.4, -0.2) is 36.8 Å². The van der Waals surface area contributed by atoms with Gasteiger partial charge in [0.1, 0.15) is 16.9 Å². The highest BCUT2D eigenvalue weighted by Crippen LogP contribution is 2.42. The summed E-state index contributed by atoms with van der Waals surface area (Å²) in [5, 5.41) is 4.02. The van der Waals surface area contributed by atoms with E-state index in [1.165, 1.54) is 15.8 Å². The number of rotatable bonds is 4. The summed E-state index contributed by atoms with van der Waals surface area (Å²) >= 11 is 1.69. The first-order valence-electron chi connectivity index (χ1n) is 9.69. The molecule has 1 aromatic heterocycles. The Kier molecular flexibility index (Phi) is 4.53. The number of carbonyl (C=O) groups excluding carboxylic acids is 1. The monoisotopic (exact) mass is 394 g/mol. The van der Waals surface area contributed by atoms with E-state index < -0.39 is 0 Å². The lowest BCUT2D eigenvalue weighted by Gasteiger charge is -2.14. The molecule has 5 rings (SSSR count). The van der Waals surface area contributed by atoms with E-state index in [1.807, 2.05) is 18.2 Å². The molecule has 6 heteroatoms. The second-order valence-electron chi connectivity index (χ2n) is 7.54. The Morgan fingerprint density at radius 3 is 3.04 bits per heavy atom. The van der Waals surface area contributed by atoms with Crippen molar-refractivity contribution in [1.29, 1.82) is 0 Å². The molecule has 1 N–H and O–H groups in total. The third-order valence-electron chi connectivity index (χ3n) is 5.37. The average molecular weight is 394 g/mol. The summed E-state index contributed by atoms with van der Waals surface area (Å²) < 4.78 is 12.8. The van der Waals surface area contributed by atoms with Gasteiger partial charge in [-0.1, -0.05) is 18.2 Å². The molecule has 0 spiro atoms. The van der Waals surface area contributed by atoms with Gasteiger partial charge in [0.15, 0.2) is 0 Å². The molecule has 0 radical (unpaired) electrons. The van der Waals surface area contributed by atoms with E-state index in [-0.39, 0.29) is 17.9 Å². The summed E-state index contributed by atoms with van der Waals surface area (Å²) in [7, 11) is 0. The molecule has 1 amide bonds. The largest absolute Gasteiger partial charge is 0.487 e. The molecule has 3 heterocycles. The standard InChI is InChI=1S/C22H22N2O3S/c1-13-8-15-10-16(11-23-21(25)14-6-7-26-12-14)27-20(15)17(9-13)22-24-18-4-2-3-5-19(18)28-22/h2-5,8-9,14,16H,6-7,10-12H2,1H3,(H,23,25)/t14-,16+/m0/s1. The first-order chi connectivity index (χ1) is 13.7. The second kappa shape index (κ2) is 7.18. The third kappa shape index (κ3) is 3.27. The number of ether oxygens (including phenoxy) is 2. The lowest BCUT2D eigenvalue weighted by Crippen LogP contribution is -2.38. The second-order valence-corrected chi connectivity index (χ2v) is 8.57. The fourth-order valence-corrected chi connectivity index (χ4v) is 4.93. The van der Waals surface area contributed by atoms with Crippen molar-refractivity contribution in [1.82, 2.24) is 10.3 Å². The predicted molar refractivity (Wildman–Crippen MR) is 110 cm³/mol. The number of benzene rings is 2. The number of aryl methyl sites for hydroxylation is 1. The van der Waals surface area contributed by atoms with Crippen molar-refractivity contribution < 1.29 is 14.3 Å². The number of aromatic nitrogens is 1. The van der Waals surface area contributed by atoms with Gasteiger partial charge in [0.05, 0.1) is 34.8 Å². The molecule has 144 valence electrons. The van der Waals surface area contributed by atoms with Crippen LogP contribution in [-0.2, 0) is 16.0 Å². The van der Waals surface area contributed by atoms with E-state index in [4.69, 9.17) is 14.5 Å². The summed E-state index contributed by atoms with van der Waals surface area (Å²) in [6.07, 6.45) is 1.56. The number of para-hydroxylation sites is 1. The maximum Gasteiger partial charge on any atom is 0.225 e. The highest BCUT2D eigenvalue weighted by Gasteiger charge is 2.29. The highest BCUT2D eigenvalue weighted by atomic mass is 32.1. The summed E-state index contributed by atoms with van der Waals surface area (Å²) in [5.41, 5.74) is 4.45. The van der Waals surface area contributed by atoms with Crippen LogP contribution in [0.2, 0.25) is 0 Å². The smallest absolute Gasteiger partial charge is 0.225 e. The molecular weight excluding hydrogens is 372 g/mol. The van der Waals surface area contributed by atoms with E-state index in [9.17, 15) is 4.79 Å². The molecule has 2 atom stereocenters. The van der Waals surface area contributed by atoms with E-state index in [2.05, 4.69) is 30.4 Å². The maximum atomic E-state index is 12.3. The molecule has 2 aliphatic rings. The van der Waals surface area contributed by atoms with Gasteiger partial charge in [-0.25, -0.2) is 4.98 Å². The number of thiazole rings is 1. The molecular formula is C22H22N2O3S. The first kappa shape index (κ1) is 17.6. The van der Waals surface area contributed by atoms with E-state index >= 15 is 0 Å². The summed E-state index contributed by atoms with van der Waals surface area (Å²) in [4.78, 5) is 17.1.